The maximum Gasteiger partial charge on any atom is 0.341 e. The Hall–Kier alpha value is -2.42. The molecule has 0 saturated heterocycles. The monoisotopic (exact) mass is 411 g/mol. The minimum Gasteiger partial charge on any atom is -0.477 e. The van der Waals surface area contributed by atoms with Crippen LogP contribution < -0.4 is 10.2 Å². The number of halogens is 2. The summed E-state index contributed by atoms with van der Waals surface area (Å²) in [5.41, 5.74) is -0.475. The summed E-state index contributed by atoms with van der Waals surface area (Å²) in [5.74, 6) is -0.990. The van der Waals surface area contributed by atoms with Crippen LogP contribution in [0.15, 0.2) is 35.3 Å². The highest BCUT2D eigenvalue weighted by atomic mass is 35.5. The zero-order valence-corrected chi connectivity index (χ0v) is 15.6. The Morgan fingerprint density at radius 3 is 2.65 bits per heavy atom. The molecule has 0 radical (unpaired) electrons. The highest BCUT2D eigenvalue weighted by Crippen LogP contribution is 2.32. The maximum atomic E-state index is 12.5. The molecule has 0 unspecified atom stereocenters. The molecule has 0 spiro atoms. The Morgan fingerprint density at radius 2 is 2.08 bits per heavy atom. The average Bonchev–Trinajstić information content (AvgIpc) is 3.09. The van der Waals surface area contributed by atoms with Crippen LogP contribution in [0, 0.1) is 0 Å². The van der Waals surface area contributed by atoms with Gasteiger partial charge in [-0.2, -0.15) is 4.37 Å². The zero-order valence-electron chi connectivity index (χ0n) is 13.3. The van der Waals surface area contributed by atoms with Crippen molar-refractivity contribution in [3.8, 4) is 23.0 Å². The topological polar surface area (TPSA) is 94.3 Å². The quantitative estimate of drug-likeness (QED) is 0.676. The number of carboxylic acid groups (broad SMARTS) is 1. The van der Waals surface area contributed by atoms with Gasteiger partial charge in [0.05, 0.1) is 27.5 Å². The van der Waals surface area contributed by atoms with Gasteiger partial charge in [-0.1, -0.05) is 29.3 Å². The lowest BCUT2D eigenvalue weighted by Gasteiger charge is -2.19. The molecule has 0 fully saturated rings. The van der Waals surface area contributed by atoms with E-state index in [-0.39, 0.29) is 28.0 Å². The van der Waals surface area contributed by atoms with Crippen LogP contribution in [-0.4, -0.2) is 24.4 Å². The Balaban J connectivity index is 2.31. The van der Waals surface area contributed by atoms with Gasteiger partial charge in [0.25, 0.3) is 5.88 Å². The van der Waals surface area contributed by atoms with E-state index in [0.717, 1.165) is 17.8 Å². The fourth-order valence-corrected chi connectivity index (χ4v) is 3.13. The standard InChI is InChI=1S/C16H11Cl2N3O4S/c1-2-21-13(25-12-7-19-26-20-12)6-11(22)14(16(23)24)15(21)8-3-4-9(17)10(18)5-8/h3-7H,2H2,1H3,(H,23,24). The number of hydrogen-bond donors (Lipinski definition) is 1. The number of ether oxygens (including phenoxy) is 1. The van der Waals surface area contributed by atoms with Crippen LogP contribution in [0.4, 0.5) is 0 Å². The third-order valence-corrected chi connectivity index (χ3v) is 4.75. The van der Waals surface area contributed by atoms with Crippen molar-refractivity contribution in [1.82, 2.24) is 13.3 Å². The first-order valence-electron chi connectivity index (χ1n) is 7.34. The van der Waals surface area contributed by atoms with Gasteiger partial charge in [-0.25, -0.2) is 4.79 Å². The summed E-state index contributed by atoms with van der Waals surface area (Å²) in [4.78, 5) is 24.2. The molecule has 0 aliphatic carbocycles. The van der Waals surface area contributed by atoms with E-state index in [4.69, 9.17) is 27.9 Å². The van der Waals surface area contributed by atoms with Crippen LogP contribution in [0.3, 0.4) is 0 Å². The van der Waals surface area contributed by atoms with Crippen molar-refractivity contribution in [2.75, 3.05) is 0 Å². The van der Waals surface area contributed by atoms with E-state index in [0.29, 0.717) is 17.1 Å². The number of aromatic carboxylic acids is 1. The average molecular weight is 412 g/mol. The molecule has 0 atom stereocenters. The zero-order chi connectivity index (χ0) is 18.8. The molecule has 1 N–H and O–H groups in total. The predicted molar refractivity (Wildman–Crippen MR) is 98.8 cm³/mol. The number of hydrogen-bond acceptors (Lipinski definition) is 6. The third-order valence-electron chi connectivity index (χ3n) is 3.55. The van der Waals surface area contributed by atoms with Crippen molar-refractivity contribution in [3.63, 3.8) is 0 Å². The molecular weight excluding hydrogens is 401 g/mol. The van der Waals surface area contributed by atoms with Crippen molar-refractivity contribution < 1.29 is 14.6 Å². The first-order valence-corrected chi connectivity index (χ1v) is 8.83. The van der Waals surface area contributed by atoms with Crippen molar-refractivity contribution in [1.29, 1.82) is 0 Å². The predicted octanol–water partition coefficient (Wildman–Crippen LogP) is 4.18. The molecule has 0 aliphatic rings. The SMILES string of the molecule is CCn1c(Oc2cnsn2)cc(=O)c(C(=O)O)c1-c1ccc(Cl)c(Cl)c1. The van der Waals surface area contributed by atoms with Crippen LogP contribution in [0.2, 0.25) is 10.0 Å². The minimum atomic E-state index is -1.35. The van der Waals surface area contributed by atoms with E-state index in [1.54, 1.807) is 17.6 Å². The van der Waals surface area contributed by atoms with Gasteiger partial charge in [-0.3, -0.25) is 4.79 Å². The fraction of sp³-hybridized carbons (Fsp3) is 0.125. The molecule has 26 heavy (non-hydrogen) atoms. The summed E-state index contributed by atoms with van der Waals surface area (Å²) < 4.78 is 15.0. The Morgan fingerprint density at radius 1 is 1.31 bits per heavy atom. The molecule has 7 nitrogen and oxygen atoms in total. The molecule has 2 aromatic heterocycles. The lowest BCUT2D eigenvalue weighted by atomic mass is 10.0. The van der Waals surface area contributed by atoms with Crippen LogP contribution in [-0.2, 0) is 6.54 Å². The first-order chi connectivity index (χ1) is 12.4. The lowest BCUT2D eigenvalue weighted by molar-refractivity contribution is 0.0695. The van der Waals surface area contributed by atoms with Gasteiger partial charge in [0, 0.05) is 18.2 Å². The van der Waals surface area contributed by atoms with E-state index in [1.165, 1.54) is 18.3 Å². The molecule has 0 bridgehead atoms. The second-order valence-electron chi connectivity index (χ2n) is 5.10. The van der Waals surface area contributed by atoms with Gasteiger partial charge in [0.2, 0.25) is 11.3 Å². The summed E-state index contributed by atoms with van der Waals surface area (Å²) in [6.45, 7) is 2.13. The third kappa shape index (κ3) is 3.44. The van der Waals surface area contributed by atoms with Gasteiger partial charge in [0.15, 0.2) is 0 Å². The maximum absolute atomic E-state index is 12.5. The summed E-state index contributed by atoms with van der Waals surface area (Å²) in [6.07, 6.45) is 1.40. The minimum absolute atomic E-state index is 0.149. The van der Waals surface area contributed by atoms with Gasteiger partial charge >= 0.3 is 5.97 Å². The largest absolute Gasteiger partial charge is 0.477 e. The van der Waals surface area contributed by atoms with Gasteiger partial charge in [-0.15, -0.1) is 4.37 Å². The van der Waals surface area contributed by atoms with E-state index in [2.05, 4.69) is 8.75 Å². The molecule has 1 aromatic carbocycles. The molecule has 0 amide bonds. The van der Waals surface area contributed by atoms with Crippen LogP contribution >= 0.6 is 34.9 Å². The van der Waals surface area contributed by atoms with E-state index < -0.39 is 11.4 Å². The fourth-order valence-electron chi connectivity index (χ4n) is 2.48. The second-order valence-corrected chi connectivity index (χ2v) is 6.47. The number of rotatable bonds is 5. The van der Waals surface area contributed by atoms with Crippen molar-refractivity contribution in [3.05, 3.63) is 56.3 Å². The number of carboxylic acids is 1. The Labute approximate surface area is 161 Å². The molecule has 10 heteroatoms. The molecule has 2 heterocycles. The normalized spacial score (nSPS) is 10.7. The van der Waals surface area contributed by atoms with Crippen LogP contribution in [0.25, 0.3) is 11.3 Å². The van der Waals surface area contributed by atoms with Gasteiger partial charge in [0.1, 0.15) is 11.8 Å². The number of aromatic nitrogens is 3. The van der Waals surface area contributed by atoms with Crippen molar-refractivity contribution >= 4 is 40.9 Å². The smallest absolute Gasteiger partial charge is 0.341 e. The lowest BCUT2D eigenvalue weighted by Crippen LogP contribution is -2.21. The van der Waals surface area contributed by atoms with E-state index in [1.807, 2.05) is 0 Å². The van der Waals surface area contributed by atoms with E-state index >= 15 is 0 Å². The summed E-state index contributed by atoms with van der Waals surface area (Å²) in [5, 5.41) is 10.1. The highest BCUT2D eigenvalue weighted by molar-refractivity contribution is 6.99. The second kappa shape index (κ2) is 7.45. The Kier molecular flexibility index (Phi) is 5.26. The highest BCUT2D eigenvalue weighted by Gasteiger charge is 2.23. The molecular formula is C16H11Cl2N3O4S. The first kappa shape index (κ1) is 18.4. The van der Waals surface area contributed by atoms with Gasteiger partial charge < -0.3 is 14.4 Å². The number of nitrogens with zero attached hydrogens (tertiary/aromatic N) is 3. The Bertz CT molecular complexity index is 1030. The summed E-state index contributed by atoms with van der Waals surface area (Å²) in [7, 11) is 0. The molecule has 3 rings (SSSR count). The molecule has 134 valence electrons. The molecule has 0 aliphatic heterocycles. The van der Waals surface area contributed by atoms with Crippen LogP contribution in [0.5, 0.6) is 11.8 Å². The number of benzene rings is 1. The molecule has 3 aromatic rings. The molecule has 0 saturated carbocycles. The number of pyridine rings is 1. The van der Waals surface area contributed by atoms with Crippen molar-refractivity contribution in [2.24, 2.45) is 0 Å². The van der Waals surface area contributed by atoms with Crippen molar-refractivity contribution in [2.45, 2.75) is 13.5 Å². The summed E-state index contributed by atoms with van der Waals surface area (Å²) >= 11 is 13.0. The van der Waals surface area contributed by atoms with Gasteiger partial charge in [-0.05, 0) is 19.1 Å². The van der Waals surface area contributed by atoms with E-state index in [9.17, 15) is 14.7 Å². The summed E-state index contributed by atoms with van der Waals surface area (Å²) in [6, 6.07) is 5.75. The number of carbonyl (C=O) groups is 1. The van der Waals surface area contributed by atoms with Crippen LogP contribution in [0.1, 0.15) is 17.3 Å².